The summed E-state index contributed by atoms with van der Waals surface area (Å²) in [6, 6.07) is 11.0. The monoisotopic (exact) mass is 436 g/mol. The Labute approximate surface area is 188 Å². The minimum atomic E-state index is -0.504. The molecule has 1 aromatic heterocycles. The van der Waals surface area contributed by atoms with Crippen LogP contribution in [0.4, 0.5) is 10.1 Å². The number of rotatable bonds is 9. The third-order valence-electron chi connectivity index (χ3n) is 5.61. The van der Waals surface area contributed by atoms with E-state index in [2.05, 4.69) is 20.6 Å². The number of nitrogens with one attached hydrogen (secondary N) is 2. The number of pyridine rings is 1. The second kappa shape index (κ2) is 12.4. The van der Waals surface area contributed by atoms with E-state index in [-0.39, 0.29) is 17.6 Å². The van der Waals surface area contributed by atoms with Crippen molar-refractivity contribution in [1.82, 2.24) is 15.2 Å². The average Bonchev–Trinajstić information content (AvgIpc) is 3.29. The lowest BCUT2D eigenvalue weighted by molar-refractivity contribution is 0.0786. The molecule has 1 amide bonds. The van der Waals surface area contributed by atoms with Crippen LogP contribution in [0.3, 0.4) is 0 Å². The maximum atomic E-state index is 13.7. The second-order valence-corrected chi connectivity index (χ2v) is 7.94. The number of halogens is 1. The minimum absolute atomic E-state index is 0.134. The molecule has 7 nitrogen and oxygen atoms in total. The molecular formula is C24H29FN6O. The molecule has 1 aliphatic rings. The molecule has 8 heteroatoms. The number of unbranched alkanes of at least 4 members (excludes halogenated alkanes) is 3. The van der Waals surface area contributed by atoms with E-state index >= 15 is 0 Å². The Morgan fingerprint density at radius 2 is 2.03 bits per heavy atom. The molecule has 3 rings (SSSR count). The third kappa shape index (κ3) is 7.05. The van der Waals surface area contributed by atoms with Crippen LogP contribution in [0, 0.1) is 23.2 Å². The summed E-state index contributed by atoms with van der Waals surface area (Å²) in [6.45, 7) is 2.33. The van der Waals surface area contributed by atoms with Crippen molar-refractivity contribution in [3.8, 4) is 6.19 Å². The van der Waals surface area contributed by atoms with Crippen molar-refractivity contribution in [3.05, 3.63) is 60.2 Å². The number of guanidine groups is 1. The highest BCUT2D eigenvalue weighted by Crippen LogP contribution is 2.23. The maximum Gasteiger partial charge on any atom is 0.253 e. The number of nitrogens with zero attached hydrogens (tertiary/aromatic N) is 4. The zero-order valence-corrected chi connectivity index (χ0v) is 18.1. The van der Waals surface area contributed by atoms with Gasteiger partial charge in [-0.3, -0.25) is 9.78 Å². The summed E-state index contributed by atoms with van der Waals surface area (Å²) in [5.74, 6) is 0.437. The molecule has 1 aliphatic heterocycles. The number of amides is 1. The van der Waals surface area contributed by atoms with Gasteiger partial charge in [0.2, 0.25) is 12.2 Å². The Hall–Kier alpha value is -3.47. The van der Waals surface area contributed by atoms with Crippen LogP contribution in [0.5, 0.6) is 0 Å². The highest BCUT2D eigenvalue weighted by molar-refractivity contribution is 5.94. The molecule has 0 saturated carbocycles. The Balaban J connectivity index is 1.28. The number of hydrogen-bond donors (Lipinski definition) is 2. The van der Waals surface area contributed by atoms with Gasteiger partial charge in [0, 0.05) is 31.4 Å². The third-order valence-corrected chi connectivity index (χ3v) is 5.61. The Kier molecular flexibility index (Phi) is 8.99. The first-order chi connectivity index (χ1) is 15.7. The van der Waals surface area contributed by atoms with Gasteiger partial charge < -0.3 is 15.5 Å². The number of carbonyl (C=O) groups is 1. The van der Waals surface area contributed by atoms with Gasteiger partial charge in [-0.25, -0.2) is 4.39 Å². The molecule has 2 N–H and O–H groups in total. The minimum Gasteiger partial charge on any atom is -0.355 e. The summed E-state index contributed by atoms with van der Waals surface area (Å²) < 4.78 is 13.7. The molecule has 1 aromatic carbocycles. The van der Waals surface area contributed by atoms with E-state index in [0.717, 1.165) is 63.4 Å². The fourth-order valence-electron chi connectivity index (χ4n) is 3.90. The number of aromatic nitrogens is 1. The van der Waals surface area contributed by atoms with Crippen LogP contribution in [0.25, 0.3) is 0 Å². The molecular weight excluding hydrogens is 407 g/mol. The number of likely N-dealkylation sites (tertiary alicyclic amines) is 1. The van der Waals surface area contributed by atoms with Gasteiger partial charge in [0.25, 0.3) is 5.91 Å². The Bertz CT molecular complexity index is 943. The summed E-state index contributed by atoms with van der Waals surface area (Å²) in [5.41, 5.74) is 0.985. The highest BCUT2D eigenvalue weighted by atomic mass is 19.1. The number of benzene rings is 1. The molecule has 32 heavy (non-hydrogen) atoms. The van der Waals surface area contributed by atoms with Gasteiger partial charge >= 0.3 is 0 Å². The molecule has 1 unspecified atom stereocenters. The standard InChI is InChI=1S/C24H29FN6O/c25-21-16-27-14-11-22(21)30-24(29-18-26)28-13-7-2-1-4-8-19-12-15-31(17-19)23(32)20-9-5-3-6-10-20/h3,5-6,9-11,14,16,19H,1-2,4,7-8,12-13,15,17H2,(H2,27,28,29,30). The zero-order valence-electron chi connectivity index (χ0n) is 18.1. The molecule has 0 aliphatic carbocycles. The number of aliphatic imine (C=N–C) groups is 1. The summed E-state index contributed by atoms with van der Waals surface area (Å²) in [4.78, 5) is 21.9. The normalized spacial score (nSPS) is 15.9. The van der Waals surface area contributed by atoms with Crippen molar-refractivity contribution in [3.63, 3.8) is 0 Å². The summed E-state index contributed by atoms with van der Waals surface area (Å²) in [6.07, 6.45) is 10.7. The smallest absolute Gasteiger partial charge is 0.253 e. The van der Waals surface area contributed by atoms with E-state index in [1.807, 2.05) is 35.2 Å². The number of anilines is 1. The fraction of sp³-hybridized carbons (Fsp3) is 0.417. The fourth-order valence-corrected chi connectivity index (χ4v) is 3.90. The van der Waals surface area contributed by atoms with Gasteiger partial charge in [-0.2, -0.15) is 5.26 Å². The number of hydrogen-bond acceptors (Lipinski definition) is 4. The lowest BCUT2D eigenvalue weighted by Crippen LogP contribution is -2.31. The van der Waals surface area contributed by atoms with Gasteiger partial charge in [-0.05, 0) is 43.4 Å². The van der Waals surface area contributed by atoms with Crippen molar-refractivity contribution in [2.24, 2.45) is 10.9 Å². The Morgan fingerprint density at radius 1 is 1.22 bits per heavy atom. The number of carbonyl (C=O) groups excluding carboxylic acids is 1. The first-order valence-corrected chi connectivity index (χ1v) is 11.1. The molecule has 1 saturated heterocycles. The lowest BCUT2D eigenvalue weighted by atomic mass is 10.00. The van der Waals surface area contributed by atoms with E-state index in [9.17, 15) is 9.18 Å². The van der Waals surface area contributed by atoms with Crippen LogP contribution in [-0.4, -0.2) is 41.4 Å². The van der Waals surface area contributed by atoms with Crippen LogP contribution >= 0.6 is 0 Å². The molecule has 2 aromatic rings. The van der Waals surface area contributed by atoms with E-state index in [0.29, 0.717) is 12.5 Å². The molecule has 0 bridgehead atoms. The van der Waals surface area contributed by atoms with Crippen molar-refractivity contribution in [2.75, 3.05) is 25.0 Å². The quantitative estimate of drug-likeness (QED) is 0.266. The highest BCUT2D eigenvalue weighted by Gasteiger charge is 2.26. The topological polar surface area (TPSA) is 93.4 Å². The van der Waals surface area contributed by atoms with Crippen LogP contribution < -0.4 is 10.6 Å². The Morgan fingerprint density at radius 3 is 2.81 bits per heavy atom. The van der Waals surface area contributed by atoms with E-state index in [1.54, 1.807) is 6.19 Å². The second-order valence-electron chi connectivity index (χ2n) is 7.94. The van der Waals surface area contributed by atoms with Gasteiger partial charge in [-0.15, -0.1) is 4.99 Å². The average molecular weight is 437 g/mol. The molecule has 2 heterocycles. The first-order valence-electron chi connectivity index (χ1n) is 11.1. The van der Waals surface area contributed by atoms with E-state index in [4.69, 9.17) is 5.26 Å². The lowest BCUT2D eigenvalue weighted by Gasteiger charge is -2.16. The van der Waals surface area contributed by atoms with Crippen molar-refractivity contribution >= 4 is 17.6 Å². The summed E-state index contributed by atoms with van der Waals surface area (Å²) in [7, 11) is 0. The predicted molar refractivity (Wildman–Crippen MR) is 122 cm³/mol. The van der Waals surface area contributed by atoms with Crippen molar-refractivity contribution < 1.29 is 9.18 Å². The van der Waals surface area contributed by atoms with E-state index in [1.165, 1.54) is 12.3 Å². The van der Waals surface area contributed by atoms with Gasteiger partial charge in [0.15, 0.2) is 5.82 Å². The molecule has 1 fully saturated rings. The summed E-state index contributed by atoms with van der Waals surface area (Å²) >= 11 is 0. The zero-order chi connectivity index (χ0) is 22.6. The maximum absolute atomic E-state index is 13.7. The van der Waals surface area contributed by atoms with Gasteiger partial charge in [0.1, 0.15) is 0 Å². The molecule has 0 spiro atoms. The first kappa shape index (κ1) is 23.2. The largest absolute Gasteiger partial charge is 0.355 e. The van der Waals surface area contributed by atoms with Crippen LogP contribution in [0.1, 0.15) is 48.9 Å². The van der Waals surface area contributed by atoms with Gasteiger partial charge in [-0.1, -0.05) is 37.5 Å². The molecule has 168 valence electrons. The molecule has 0 radical (unpaired) electrons. The SMILES string of the molecule is N#CN=C(NCCCCCCC1CCN(C(=O)c2ccccc2)C1)Nc1ccncc1F. The van der Waals surface area contributed by atoms with Crippen molar-refractivity contribution in [1.29, 1.82) is 5.26 Å². The predicted octanol–water partition coefficient (Wildman–Crippen LogP) is 4.17. The van der Waals surface area contributed by atoms with Crippen molar-refractivity contribution in [2.45, 2.75) is 38.5 Å². The molecule has 1 atom stereocenters. The van der Waals surface area contributed by atoms with Crippen LogP contribution in [0.15, 0.2) is 53.8 Å². The summed E-state index contributed by atoms with van der Waals surface area (Å²) in [5, 5.41) is 14.7. The van der Waals surface area contributed by atoms with E-state index < -0.39 is 5.82 Å². The number of nitriles is 1. The van der Waals surface area contributed by atoms with Gasteiger partial charge in [0.05, 0.1) is 11.9 Å². The van der Waals surface area contributed by atoms with Crippen LogP contribution in [-0.2, 0) is 0 Å². The van der Waals surface area contributed by atoms with Crippen LogP contribution in [0.2, 0.25) is 0 Å².